The molecule has 3 aromatic heterocycles. The maximum Gasteiger partial charge on any atom is 0.269 e. The van der Waals surface area contributed by atoms with Gasteiger partial charge < -0.3 is 4.74 Å². The Bertz CT molecular complexity index is 4640. The molecule has 0 amide bonds. The fourth-order valence-corrected chi connectivity index (χ4v) is 12.4. The molecule has 12 aromatic rings. The molecule has 0 N–H and O–H groups in total. The standard InChI is InChI=1S/C72H60N4O/c1-70(2,3)47-36-39-73-67(40-47)76-63-29-16-15-27-55(63)56-33-32-50(42-66(56)76)77-49-23-19-22-48(41-49)74-45-75(65-31-18-17-30-64(65)74)69-51(46-20-9-8-10-21-46)34-35-58-52-24-11-12-25-53(52)59-43-61-62(72(6,7)38-37-71(61,4)5)44-60(59)54-26-13-14-28-57(54)68(58)69/h8-36,39-44H,37-38H2,1-7H3/i8D,9D,10D,20D,21D. The lowest BCUT2D eigenvalue weighted by Crippen LogP contribution is -2.34. The number of aromatic nitrogens is 4. The molecule has 0 bridgehead atoms. The first-order valence-corrected chi connectivity index (χ1v) is 26.7. The summed E-state index contributed by atoms with van der Waals surface area (Å²) in [6.45, 7) is 16.1. The highest BCUT2D eigenvalue weighted by molar-refractivity contribution is 6.10. The van der Waals surface area contributed by atoms with Crippen LogP contribution in [0.1, 0.15) is 84.9 Å². The van der Waals surface area contributed by atoms with Crippen molar-refractivity contribution in [3.63, 3.8) is 0 Å². The van der Waals surface area contributed by atoms with Gasteiger partial charge in [-0.25, -0.2) is 4.98 Å². The van der Waals surface area contributed by atoms with E-state index in [-0.39, 0.29) is 33.9 Å². The zero-order chi connectivity index (χ0) is 56.7. The highest BCUT2D eigenvalue weighted by Crippen LogP contribution is 2.55. The van der Waals surface area contributed by atoms with Crippen LogP contribution in [-0.4, -0.2) is 14.1 Å². The van der Waals surface area contributed by atoms with Crippen LogP contribution in [0.2, 0.25) is 0 Å². The summed E-state index contributed by atoms with van der Waals surface area (Å²) in [5.41, 5.74) is 17.6. The van der Waals surface area contributed by atoms with Crippen molar-refractivity contribution in [2.24, 2.45) is 0 Å². The number of fused-ring (bicyclic) bond motifs is 13. The summed E-state index contributed by atoms with van der Waals surface area (Å²) >= 11 is 0. The number of nitrogens with zero attached hydrogens (tertiary/aromatic N) is 4. The monoisotopic (exact) mass is 1000 g/mol. The van der Waals surface area contributed by atoms with Gasteiger partial charge in [-0.05, 0) is 157 Å². The molecule has 374 valence electrons. The van der Waals surface area contributed by atoms with Gasteiger partial charge in [-0.1, -0.05) is 188 Å². The zero-order valence-corrected chi connectivity index (χ0v) is 44.4. The van der Waals surface area contributed by atoms with E-state index in [0.29, 0.717) is 22.7 Å². The van der Waals surface area contributed by atoms with Gasteiger partial charge in [0.05, 0.1) is 40.3 Å². The second-order valence-electron chi connectivity index (χ2n) is 23.2. The maximum atomic E-state index is 9.53. The summed E-state index contributed by atoms with van der Waals surface area (Å²) in [6, 6.07) is 59.4. The van der Waals surface area contributed by atoms with Crippen molar-refractivity contribution in [3.8, 4) is 84.3 Å². The van der Waals surface area contributed by atoms with Crippen LogP contribution >= 0.6 is 0 Å². The van der Waals surface area contributed by atoms with Crippen LogP contribution in [0.25, 0.3) is 106 Å². The first-order valence-electron chi connectivity index (χ1n) is 29.2. The number of imidazole rings is 1. The highest BCUT2D eigenvalue weighted by Gasteiger charge is 2.39. The van der Waals surface area contributed by atoms with Crippen molar-refractivity contribution in [3.05, 3.63) is 235 Å². The number of rotatable bonds is 6. The van der Waals surface area contributed by atoms with Gasteiger partial charge in [-0.2, -0.15) is 0 Å². The first kappa shape index (κ1) is 41.4. The lowest BCUT2D eigenvalue weighted by atomic mass is 9.62. The largest absolute Gasteiger partial charge is 0.458 e. The Labute approximate surface area is 458 Å². The minimum Gasteiger partial charge on any atom is -0.458 e. The quantitative estimate of drug-likeness (QED) is 0.123. The van der Waals surface area contributed by atoms with E-state index in [9.17, 15) is 2.74 Å². The van der Waals surface area contributed by atoms with Crippen LogP contribution in [0.4, 0.5) is 0 Å². The fourth-order valence-electron chi connectivity index (χ4n) is 12.4. The molecule has 9 aromatic carbocycles. The van der Waals surface area contributed by atoms with Crippen LogP contribution in [0.5, 0.6) is 11.5 Å². The molecule has 5 nitrogen and oxygen atoms in total. The van der Waals surface area contributed by atoms with E-state index < -0.39 is 18.1 Å². The molecule has 5 heteroatoms. The van der Waals surface area contributed by atoms with Gasteiger partial charge in [0.1, 0.15) is 17.3 Å². The summed E-state index contributed by atoms with van der Waals surface area (Å²) in [4.78, 5) is 4.90. The van der Waals surface area contributed by atoms with Crippen molar-refractivity contribution in [1.29, 1.82) is 0 Å². The Morgan fingerprint density at radius 2 is 1.16 bits per heavy atom. The molecule has 0 fully saturated rings. The van der Waals surface area contributed by atoms with Crippen LogP contribution in [0.3, 0.4) is 0 Å². The summed E-state index contributed by atoms with van der Waals surface area (Å²) in [7, 11) is 0. The molecule has 2 aliphatic rings. The third-order valence-electron chi connectivity index (χ3n) is 16.5. The molecule has 0 radical (unpaired) electrons. The van der Waals surface area contributed by atoms with E-state index in [0.717, 1.165) is 102 Å². The van der Waals surface area contributed by atoms with Crippen LogP contribution in [0, 0.1) is 6.33 Å². The third kappa shape index (κ3) is 7.57. The van der Waals surface area contributed by atoms with Gasteiger partial charge >= 0.3 is 0 Å². The summed E-state index contributed by atoms with van der Waals surface area (Å²) < 4.78 is 58.9. The average molecular weight is 1000 g/mol. The molecule has 14 rings (SSSR count). The van der Waals surface area contributed by atoms with E-state index in [1.54, 1.807) is 0 Å². The average Bonchev–Trinajstić information content (AvgIpc) is 4.04. The van der Waals surface area contributed by atoms with Gasteiger partial charge in [-0.3, -0.25) is 13.7 Å². The highest BCUT2D eigenvalue weighted by atomic mass is 16.5. The molecule has 3 heterocycles. The number of benzene rings is 9. The second kappa shape index (κ2) is 17.4. The molecule has 2 aliphatic carbocycles. The lowest BCUT2D eigenvalue weighted by Gasteiger charge is -2.43. The van der Waals surface area contributed by atoms with Crippen LogP contribution < -0.4 is 9.30 Å². The predicted octanol–water partition coefficient (Wildman–Crippen LogP) is 18.3. The number of pyridine rings is 1. The molecule has 0 atom stereocenters. The van der Waals surface area contributed by atoms with E-state index in [4.69, 9.17) is 13.8 Å². The fraction of sp³-hybridized carbons (Fsp3) is 0.167. The molecule has 0 saturated heterocycles. The number of para-hydroxylation sites is 3. The molecular formula is C72H60N4O. The van der Waals surface area contributed by atoms with Crippen molar-refractivity contribution < 1.29 is 16.2 Å². The van der Waals surface area contributed by atoms with Gasteiger partial charge in [-0.15, -0.1) is 0 Å². The first-order chi connectivity index (χ1) is 39.4. The van der Waals surface area contributed by atoms with Gasteiger partial charge in [0.2, 0.25) is 0 Å². The molecular weight excluding hydrogens is 937 g/mol. The lowest BCUT2D eigenvalue weighted by molar-refractivity contribution is -0.571. The van der Waals surface area contributed by atoms with Crippen LogP contribution in [0.15, 0.2) is 212 Å². The van der Waals surface area contributed by atoms with Crippen LogP contribution in [-0.2, 0) is 16.2 Å². The van der Waals surface area contributed by atoms with E-state index in [1.165, 1.54) is 16.7 Å². The maximum absolute atomic E-state index is 9.53. The third-order valence-corrected chi connectivity index (χ3v) is 16.5. The van der Waals surface area contributed by atoms with Crippen molar-refractivity contribution in [2.45, 2.75) is 77.6 Å². The van der Waals surface area contributed by atoms with Crippen molar-refractivity contribution in [1.82, 2.24) is 14.1 Å². The molecule has 0 unspecified atom stereocenters. The van der Waals surface area contributed by atoms with E-state index >= 15 is 0 Å². The minimum atomic E-state index is -0.444. The Morgan fingerprint density at radius 3 is 1.88 bits per heavy atom. The Kier molecular flexibility index (Phi) is 9.35. The number of hydrogen-bond donors (Lipinski definition) is 0. The summed E-state index contributed by atoms with van der Waals surface area (Å²) in [5, 5.41) is 2.22. The van der Waals surface area contributed by atoms with E-state index in [2.05, 4.69) is 187 Å². The molecule has 0 aliphatic heterocycles. The smallest absolute Gasteiger partial charge is 0.269 e. The minimum absolute atomic E-state index is 0.0266. The summed E-state index contributed by atoms with van der Waals surface area (Å²) in [6.07, 6.45) is 7.86. The zero-order valence-electron chi connectivity index (χ0n) is 49.4. The number of hydrogen-bond acceptors (Lipinski definition) is 2. The number of ether oxygens (including phenoxy) is 1. The molecule has 0 spiro atoms. The molecule has 77 heavy (non-hydrogen) atoms. The Balaban J connectivity index is 0.989. The second-order valence-corrected chi connectivity index (χ2v) is 23.2. The predicted molar refractivity (Wildman–Crippen MR) is 317 cm³/mol. The summed E-state index contributed by atoms with van der Waals surface area (Å²) in [5.74, 6) is 2.12. The Morgan fingerprint density at radius 1 is 0.545 bits per heavy atom. The van der Waals surface area contributed by atoms with Gasteiger partial charge in [0.15, 0.2) is 0 Å². The normalized spacial score (nSPS) is 15.2. The van der Waals surface area contributed by atoms with Crippen molar-refractivity contribution in [2.75, 3.05) is 0 Å². The van der Waals surface area contributed by atoms with Gasteiger partial charge in [0, 0.05) is 28.6 Å². The van der Waals surface area contributed by atoms with Gasteiger partial charge in [0.25, 0.3) is 6.33 Å². The molecule has 0 saturated carbocycles. The Hall–Kier alpha value is -8.80. The van der Waals surface area contributed by atoms with E-state index in [1.807, 2.05) is 63.9 Å². The topological polar surface area (TPSA) is 35.9 Å². The van der Waals surface area contributed by atoms with Crippen molar-refractivity contribution >= 4 is 32.8 Å². The SMILES string of the molecule is [2H]c1c([2H])c([2H])c(-c2ccc3c(c2-[n+]2[c-]n(-c4cccc(Oc5ccc6c7ccccc7n(-c7cc(C(C)(C)C)ccn7)c6c5)c4)c4ccccc42)-c2ccccc2-c2cc4c(cc2-c2ccccc2-3)C(C)(C)CCC4(C)C)c([2H])c1[2H].